The summed E-state index contributed by atoms with van der Waals surface area (Å²) in [6, 6.07) is 0. The van der Waals surface area contributed by atoms with Crippen LogP contribution in [0.15, 0.2) is 0 Å². The third kappa shape index (κ3) is 1.17. The molecular formula is C8H14O3. The highest BCUT2D eigenvalue weighted by Crippen LogP contribution is 2.40. The molecule has 2 aliphatic rings. The Hall–Kier alpha value is -0.120. The molecule has 0 aromatic heterocycles. The van der Waals surface area contributed by atoms with Crippen molar-refractivity contribution < 1.29 is 14.9 Å². The van der Waals surface area contributed by atoms with Crippen molar-refractivity contribution in [3.05, 3.63) is 0 Å². The molecule has 4 atom stereocenters. The summed E-state index contributed by atoms with van der Waals surface area (Å²) in [5.74, 6) is 0.387. The maximum Gasteiger partial charge on any atom is 0.160 e. The van der Waals surface area contributed by atoms with Crippen molar-refractivity contribution in [3.63, 3.8) is 0 Å². The average Bonchev–Trinajstić information content (AvgIpc) is 2.30. The summed E-state index contributed by atoms with van der Waals surface area (Å²) in [6.45, 7) is 0. The van der Waals surface area contributed by atoms with Crippen molar-refractivity contribution in [1.82, 2.24) is 0 Å². The molecule has 4 unspecified atom stereocenters. The first kappa shape index (κ1) is 7.53. The molecule has 2 rings (SSSR count). The molecule has 3 nitrogen and oxygen atoms in total. The van der Waals surface area contributed by atoms with E-state index in [2.05, 4.69) is 0 Å². The SMILES string of the molecule is OC1OC(O)C2CCCCC12. The average molecular weight is 158 g/mol. The van der Waals surface area contributed by atoms with Gasteiger partial charge in [0.1, 0.15) is 0 Å². The molecule has 2 fully saturated rings. The second-order valence-corrected chi connectivity index (χ2v) is 3.53. The Balaban J connectivity index is 2.07. The predicted octanol–water partition coefficient (Wildman–Crippen LogP) is 0.460. The van der Waals surface area contributed by atoms with E-state index < -0.39 is 12.6 Å². The number of rotatable bonds is 0. The van der Waals surface area contributed by atoms with Crippen molar-refractivity contribution in [1.29, 1.82) is 0 Å². The molecule has 2 N–H and O–H groups in total. The summed E-state index contributed by atoms with van der Waals surface area (Å²) in [4.78, 5) is 0. The minimum absolute atomic E-state index is 0.193. The van der Waals surface area contributed by atoms with Crippen molar-refractivity contribution in [2.24, 2.45) is 11.8 Å². The van der Waals surface area contributed by atoms with E-state index in [1.807, 2.05) is 0 Å². The molecule has 1 aliphatic carbocycles. The van der Waals surface area contributed by atoms with E-state index in [0.29, 0.717) is 0 Å². The Morgan fingerprint density at radius 1 is 0.909 bits per heavy atom. The lowest BCUT2D eigenvalue weighted by Gasteiger charge is -2.25. The molecule has 1 saturated heterocycles. The summed E-state index contributed by atoms with van der Waals surface area (Å²) in [5.41, 5.74) is 0. The molecule has 0 amide bonds. The van der Waals surface area contributed by atoms with Crippen LogP contribution in [0.5, 0.6) is 0 Å². The number of aliphatic hydroxyl groups excluding tert-OH is 2. The second-order valence-electron chi connectivity index (χ2n) is 3.53. The normalized spacial score (nSPS) is 50.7. The van der Waals surface area contributed by atoms with Crippen LogP contribution in [0.4, 0.5) is 0 Å². The first-order chi connectivity index (χ1) is 5.29. The molecule has 64 valence electrons. The van der Waals surface area contributed by atoms with Gasteiger partial charge in [0.05, 0.1) is 0 Å². The summed E-state index contributed by atoms with van der Waals surface area (Å²) in [5, 5.41) is 18.6. The van der Waals surface area contributed by atoms with Crippen molar-refractivity contribution in [2.45, 2.75) is 38.3 Å². The Morgan fingerprint density at radius 3 is 1.82 bits per heavy atom. The lowest BCUT2D eigenvalue weighted by molar-refractivity contribution is -0.172. The number of hydrogen-bond donors (Lipinski definition) is 2. The molecule has 11 heavy (non-hydrogen) atoms. The zero-order valence-electron chi connectivity index (χ0n) is 6.44. The molecule has 0 bridgehead atoms. The van der Waals surface area contributed by atoms with Crippen LogP contribution in [-0.4, -0.2) is 22.8 Å². The molecule has 0 radical (unpaired) electrons. The predicted molar refractivity (Wildman–Crippen MR) is 38.5 cm³/mol. The van der Waals surface area contributed by atoms with Gasteiger partial charge in [-0.05, 0) is 12.8 Å². The van der Waals surface area contributed by atoms with E-state index in [4.69, 9.17) is 4.74 Å². The Morgan fingerprint density at radius 2 is 1.36 bits per heavy atom. The fraction of sp³-hybridized carbons (Fsp3) is 1.00. The number of aliphatic hydroxyl groups is 2. The highest BCUT2D eigenvalue weighted by molar-refractivity contribution is 4.84. The number of hydrogen-bond acceptors (Lipinski definition) is 3. The largest absolute Gasteiger partial charge is 0.368 e. The fourth-order valence-corrected chi connectivity index (χ4v) is 2.24. The monoisotopic (exact) mass is 158 g/mol. The standard InChI is InChI=1S/C8H14O3/c9-7-5-3-1-2-4-6(5)8(10)11-7/h5-10H,1-4H2. The van der Waals surface area contributed by atoms with Gasteiger partial charge in [0.25, 0.3) is 0 Å². The van der Waals surface area contributed by atoms with Gasteiger partial charge in [0.2, 0.25) is 0 Å². The third-order valence-electron chi connectivity index (χ3n) is 2.89. The Kier molecular flexibility index (Phi) is 1.87. The smallest absolute Gasteiger partial charge is 0.160 e. The van der Waals surface area contributed by atoms with Crippen LogP contribution in [0, 0.1) is 11.8 Å². The van der Waals surface area contributed by atoms with Gasteiger partial charge in [-0.2, -0.15) is 0 Å². The van der Waals surface area contributed by atoms with E-state index in [0.717, 1.165) is 25.7 Å². The first-order valence-corrected chi connectivity index (χ1v) is 4.30. The van der Waals surface area contributed by atoms with Gasteiger partial charge in [0, 0.05) is 11.8 Å². The summed E-state index contributed by atoms with van der Waals surface area (Å²) in [7, 11) is 0. The number of fused-ring (bicyclic) bond motifs is 1. The van der Waals surface area contributed by atoms with E-state index >= 15 is 0 Å². The fourth-order valence-electron chi connectivity index (χ4n) is 2.24. The summed E-state index contributed by atoms with van der Waals surface area (Å²) in [6.07, 6.45) is 2.90. The maximum absolute atomic E-state index is 9.31. The third-order valence-corrected chi connectivity index (χ3v) is 2.89. The van der Waals surface area contributed by atoms with Crippen LogP contribution in [-0.2, 0) is 4.74 Å². The van der Waals surface area contributed by atoms with Gasteiger partial charge in [0.15, 0.2) is 12.6 Å². The van der Waals surface area contributed by atoms with Crippen LogP contribution in [0.3, 0.4) is 0 Å². The van der Waals surface area contributed by atoms with E-state index in [9.17, 15) is 10.2 Å². The van der Waals surface area contributed by atoms with Gasteiger partial charge in [-0.15, -0.1) is 0 Å². The van der Waals surface area contributed by atoms with Gasteiger partial charge in [-0.3, -0.25) is 0 Å². The zero-order valence-corrected chi connectivity index (χ0v) is 6.44. The molecule has 0 aromatic carbocycles. The van der Waals surface area contributed by atoms with Crippen LogP contribution in [0.25, 0.3) is 0 Å². The highest BCUT2D eigenvalue weighted by atomic mass is 16.7. The van der Waals surface area contributed by atoms with Crippen LogP contribution in [0.1, 0.15) is 25.7 Å². The molecule has 1 aliphatic heterocycles. The van der Waals surface area contributed by atoms with Crippen LogP contribution in [0.2, 0.25) is 0 Å². The lowest BCUT2D eigenvalue weighted by Crippen LogP contribution is -2.25. The molecule has 1 heterocycles. The molecular weight excluding hydrogens is 144 g/mol. The van der Waals surface area contributed by atoms with Gasteiger partial charge in [-0.1, -0.05) is 12.8 Å². The topological polar surface area (TPSA) is 49.7 Å². The first-order valence-electron chi connectivity index (χ1n) is 4.30. The highest BCUT2D eigenvalue weighted by Gasteiger charge is 2.43. The molecule has 0 spiro atoms. The van der Waals surface area contributed by atoms with Crippen molar-refractivity contribution >= 4 is 0 Å². The maximum atomic E-state index is 9.31. The molecule has 0 aromatic rings. The van der Waals surface area contributed by atoms with E-state index in [1.54, 1.807) is 0 Å². The Bertz CT molecular complexity index is 132. The molecule has 1 saturated carbocycles. The summed E-state index contributed by atoms with van der Waals surface area (Å²) >= 11 is 0. The molecule has 3 heteroatoms. The minimum atomic E-state index is -0.713. The quantitative estimate of drug-likeness (QED) is 0.538. The summed E-state index contributed by atoms with van der Waals surface area (Å²) < 4.78 is 4.92. The second kappa shape index (κ2) is 2.73. The van der Waals surface area contributed by atoms with E-state index in [1.165, 1.54) is 0 Å². The lowest BCUT2D eigenvalue weighted by atomic mass is 9.80. The van der Waals surface area contributed by atoms with Crippen molar-refractivity contribution in [3.8, 4) is 0 Å². The Labute approximate surface area is 66.0 Å². The van der Waals surface area contributed by atoms with Gasteiger partial charge < -0.3 is 14.9 Å². The zero-order chi connectivity index (χ0) is 7.84. The number of ether oxygens (including phenoxy) is 1. The van der Waals surface area contributed by atoms with Crippen molar-refractivity contribution in [2.75, 3.05) is 0 Å². The minimum Gasteiger partial charge on any atom is -0.368 e. The van der Waals surface area contributed by atoms with E-state index in [-0.39, 0.29) is 11.8 Å². The van der Waals surface area contributed by atoms with Gasteiger partial charge in [-0.25, -0.2) is 0 Å². The van der Waals surface area contributed by atoms with Crippen LogP contribution < -0.4 is 0 Å². The van der Waals surface area contributed by atoms with Crippen LogP contribution >= 0.6 is 0 Å². The van der Waals surface area contributed by atoms with Gasteiger partial charge >= 0.3 is 0 Å².